The molecule has 4 atom stereocenters. The minimum Gasteiger partial charge on any atom is -0.489 e. The number of carbonyl (C=O) groups excluding carboxylic acids is 3. The molecular formula is C36H27FN2O4. The lowest BCUT2D eigenvalue weighted by Crippen LogP contribution is -2.49. The Labute approximate surface area is 248 Å². The molecule has 1 amide bonds. The van der Waals surface area contributed by atoms with Gasteiger partial charge in [0.15, 0.2) is 11.6 Å². The molecule has 3 heterocycles. The summed E-state index contributed by atoms with van der Waals surface area (Å²) in [5.41, 5.74) is 2.02. The van der Waals surface area contributed by atoms with Crippen LogP contribution in [-0.2, 0) is 10.2 Å². The molecule has 4 aromatic rings. The van der Waals surface area contributed by atoms with Crippen molar-refractivity contribution in [2.24, 2.45) is 5.92 Å². The zero-order valence-electron chi connectivity index (χ0n) is 23.1. The van der Waals surface area contributed by atoms with Crippen molar-refractivity contribution in [2.75, 3.05) is 11.9 Å². The van der Waals surface area contributed by atoms with E-state index in [2.05, 4.69) is 11.9 Å². The van der Waals surface area contributed by atoms with E-state index >= 15 is 4.79 Å². The van der Waals surface area contributed by atoms with Gasteiger partial charge in [0.2, 0.25) is 5.91 Å². The fraction of sp³-hybridized carbons (Fsp3) is 0.139. The first kappa shape index (κ1) is 26.6. The van der Waals surface area contributed by atoms with Crippen molar-refractivity contribution in [3.8, 4) is 5.75 Å². The van der Waals surface area contributed by atoms with E-state index in [1.165, 1.54) is 24.3 Å². The number of nitrogens with one attached hydrogen (secondary N) is 1. The standard InChI is InChI=1S/C36H27FN2O4/c1-2-21-43-29-14-8-5-11-26(29)33(41)30-31(32(40)23-15-17-24(37)18-16-23)39-20-19-22-9-3-4-10-25(22)34(39)36(30)27-12-6-7-13-28(27)38-35(36)42/h2-20,30-31,34H,1,21H2,(H,38,42)/t30-,31+,34+,36+/m0/s1. The Morgan fingerprint density at radius 1 is 0.930 bits per heavy atom. The second-order valence-corrected chi connectivity index (χ2v) is 10.9. The Kier molecular flexibility index (Phi) is 6.31. The second kappa shape index (κ2) is 10.2. The molecule has 3 aliphatic heterocycles. The molecule has 0 bridgehead atoms. The molecule has 1 saturated heterocycles. The molecular weight excluding hydrogens is 543 g/mol. The summed E-state index contributed by atoms with van der Waals surface area (Å²) in [4.78, 5) is 46.0. The maximum absolute atomic E-state index is 15.1. The van der Waals surface area contributed by atoms with Crippen molar-refractivity contribution < 1.29 is 23.5 Å². The van der Waals surface area contributed by atoms with Crippen molar-refractivity contribution in [1.29, 1.82) is 0 Å². The Hall–Kier alpha value is -5.30. The third-order valence-electron chi connectivity index (χ3n) is 8.76. The second-order valence-electron chi connectivity index (χ2n) is 10.9. The number of hydrogen-bond acceptors (Lipinski definition) is 5. The van der Waals surface area contributed by atoms with Crippen LogP contribution in [0.4, 0.5) is 10.1 Å². The molecule has 43 heavy (non-hydrogen) atoms. The maximum atomic E-state index is 15.1. The highest BCUT2D eigenvalue weighted by atomic mass is 19.1. The van der Waals surface area contributed by atoms with Crippen LogP contribution in [0.1, 0.15) is 43.4 Å². The molecule has 1 fully saturated rings. The predicted molar refractivity (Wildman–Crippen MR) is 161 cm³/mol. The number of carbonyl (C=O) groups is 3. The Morgan fingerprint density at radius 2 is 1.65 bits per heavy atom. The van der Waals surface area contributed by atoms with Crippen molar-refractivity contribution in [1.82, 2.24) is 4.90 Å². The summed E-state index contributed by atoms with van der Waals surface area (Å²) < 4.78 is 19.8. The van der Waals surface area contributed by atoms with Crippen molar-refractivity contribution >= 4 is 29.2 Å². The van der Waals surface area contributed by atoms with Crippen LogP contribution in [-0.4, -0.2) is 35.0 Å². The summed E-state index contributed by atoms with van der Waals surface area (Å²) in [6.07, 6.45) is 5.29. The Morgan fingerprint density at radius 3 is 2.47 bits per heavy atom. The monoisotopic (exact) mass is 570 g/mol. The van der Waals surface area contributed by atoms with Crippen LogP contribution in [0, 0.1) is 11.7 Å². The first-order valence-corrected chi connectivity index (χ1v) is 14.1. The van der Waals surface area contributed by atoms with Crippen LogP contribution in [0.25, 0.3) is 6.08 Å². The molecule has 7 heteroatoms. The van der Waals surface area contributed by atoms with Gasteiger partial charge in [-0.3, -0.25) is 14.4 Å². The normalized spacial score (nSPS) is 22.9. The number of rotatable bonds is 7. The molecule has 1 spiro atoms. The van der Waals surface area contributed by atoms with E-state index in [9.17, 15) is 14.0 Å². The molecule has 7 rings (SSSR count). The first-order chi connectivity index (χ1) is 21.0. The van der Waals surface area contributed by atoms with Crippen LogP contribution >= 0.6 is 0 Å². The van der Waals surface area contributed by atoms with E-state index in [0.29, 0.717) is 17.0 Å². The van der Waals surface area contributed by atoms with E-state index in [0.717, 1.165) is 11.1 Å². The zero-order chi connectivity index (χ0) is 29.7. The van der Waals surface area contributed by atoms with E-state index in [1.807, 2.05) is 65.7 Å². The summed E-state index contributed by atoms with van der Waals surface area (Å²) in [7, 11) is 0. The van der Waals surface area contributed by atoms with Gasteiger partial charge >= 0.3 is 0 Å². The number of ether oxygens (including phenoxy) is 1. The molecule has 0 unspecified atom stereocenters. The van der Waals surface area contributed by atoms with Gasteiger partial charge in [-0.05, 0) is 65.2 Å². The van der Waals surface area contributed by atoms with Crippen molar-refractivity contribution in [2.45, 2.75) is 17.5 Å². The number of halogens is 1. The minimum absolute atomic E-state index is 0.173. The number of ketones is 2. The molecule has 1 N–H and O–H groups in total. The van der Waals surface area contributed by atoms with Gasteiger partial charge in [-0.15, -0.1) is 0 Å². The number of amides is 1. The summed E-state index contributed by atoms with van der Waals surface area (Å²) in [5.74, 6) is -2.44. The largest absolute Gasteiger partial charge is 0.489 e. The minimum atomic E-state index is -1.47. The molecule has 212 valence electrons. The lowest BCUT2D eigenvalue weighted by atomic mass is 9.62. The van der Waals surface area contributed by atoms with Crippen LogP contribution in [0.15, 0.2) is 116 Å². The van der Waals surface area contributed by atoms with E-state index < -0.39 is 35.0 Å². The first-order valence-electron chi connectivity index (χ1n) is 14.1. The van der Waals surface area contributed by atoms with Crippen LogP contribution in [0.2, 0.25) is 0 Å². The Balaban J connectivity index is 1.52. The lowest BCUT2D eigenvalue weighted by Gasteiger charge is -2.38. The van der Waals surface area contributed by atoms with E-state index in [4.69, 9.17) is 4.74 Å². The van der Waals surface area contributed by atoms with Gasteiger partial charge in [-0.2, -0.15) is 0 Å². The fourth-order valence-electron chi connectivity index (χ4n) is 7.06. The Bertz CT molecular complexity index is 1830. The summed E-state index contributed by atoms with van der Waals surface area (Å²) in [6, 6.07) is 25.4. The van der Waals surface area contributed by atoms with Gasteiger partial charge in [0.05, 0.1) is 17.5 Å². The number of hydrogen-bond donors (Lipinski definition) is 1. The maximum Gasteiger partial charge on any atom is 0.238 e. The van der Waals surface area contributed by atoms with E-state index in [-0.39, 0.29) is 29.4 Å². The molecule has 0 aliphatic carbocycles. The molecule has 0 radical (unpaired) electrons. The summed E-state index contributed by atoms with van der Waals surface area (Å²) >= 11 is 0. The van der Waals surface area contributed by atoms with Crippen LogP contribution in [0.3, 0.4) is 0 Å². The average Bonchev–Trinajstić information content (AvgIpc) is 3.52. The number of benzene rings is 4. The molecule has 0 aromatic heterocycles. The van der Waals surface area contributed by atoms with Gasteiger partial charge in [-0.25, -0.2) is 4.39 Å². The smallest absolute Gasteiger partial charge is 0.238 e. The predicted octanol–water partition coefficient (Wildman–Crippen LogP) is 6.37. The SMILES string of the molecule is C=CCOc1ccccc1C(=O)[C@@H]1[C@H](C(=O)c2ccc(F)cc2)N2C=Cc3ccccc3[C@@H]2[C@]12C(=O)Nc1ccccc12. The molecule has 4 aromatic carbocycles. The van der Waals surface area contributed by atoms with Gasteiger partial charge in [0.25, 0.3) is 0 Å². The summed E-state index contributed by atoms with van der Waals surface area (Å²) in [5, 5.41) is 3.04. The van der Waals surface area contributed by atoms with Crippen LogP contribution in [0.5, 0.6) is 5.75 Å². The van der Waals surface area contributed by atoms with Crippen molar-refractivity contribution in [3.05, 3.63) is 150 Å². The van der Waals surface area contributed by atoms with Gasteiger partial charge in [-0.1, -0.05) is 67.3 Å². The van der Waals surface area contributed by atoms with Gasteiger partial charge in [0, 0.05) is 17.5 Å². The van der Waals surface area contributed by atoms with Gasteiger partial charge < -0.3 is 15.0 Å². The highest BCUT2D eigenvalue weighted by Gasteiger charge is 2.70. The summed E-state index contributed by atoms with van der Waals surface area (Å²) in [6.45, 7) is 3.89. The lowest BCUT2D eigenvalue weighted by molar-refractivity contribution is -0.122. The van der Waals surface area contributed by atoms with Crippen LogP contribution < -0.4 is 10.1 Å². The zero-order valence-corrected chi connectivity index (χ0v) is 23.1. The third kappa shape index (κ3) is 3.88. The number of anilines is 1. The third-order valence-corrected chi connectivity index (χ3v) is 8.76. The average molecular weight is 571 g/mol. The quantitative estimate of drug-likeness (QED) is 0.206. The van der Waals surface area contributed by atoms with Crippen molar-refractivity contribution in [3.63, 3.8) is 0 Å². The number of Topliss-reactive ketones (excluding diaryl/α,β-unsaturated/α-hetero) is 2. The highest BCUT2D eigenvalue weighted by Crippen LogP contribution is 2.62. The number of fused-ring (bicyclic) bond motifs is 6. The molecule has 0 saturated carbocycles. The van der Waals surface area contributed by atoms with E-state index in [1.54, 1.807) is 30.3 Å². The highest BCUT2D eigenvalue weighted by molar-refractivity contribution is 6.17. The molecule has 6 nitrogen and oxygen atoms in total. The number of para-hydroxylation sites is 2. The van der Waals surface area contributed by atoms with Gasteiger partial charge in [0.1, 0.15) is 29.6 Å². The molecule has 3 aliphatic rings. The number of nitrogens with zero attached hydrogens (tertiary/aromatic N) is 1. The topological polar surface area (TPSA) is 75.7 Å². The fourth-order valence-corrected chi connectivity index (χ4v) is 7.06.